The van der Waals surface area contributed by atoms with E-state index in [1.54, 1.807) is 0 Å². The summed E-state index contributed by atoms with van der Waals surface area (Å²) < 4.78 is 0. The Labute approximate surface area is 200 Å². The van der Waals surface area contributed by atoms with Gasteiger partial charge in [0.1, 0.15) is 0 Å². The maximum atomic E-state index is 12.2. The molecule has 7 atom stereocenters. The molecule has 0 aliphatic heterocycles. The Balaban J connectivity index is 2.09. The van der Waals surface area contributed by atoms with Gasteiger partial charge in [-0.1, -0.05) is 65.2 Å². The van der Waals surface area contributed by atoms with Gasteiger partial charge in [0.15, 0.2) is 0 Å². The Hall–Kier alpha value is -1.00. The molecule has 1 heteroatoms. The molecular weight excluding hydrogens is 388 g/mol. The average Bonchev–Trinajstić information content (AvgIpc) is 3.10. The molecule has 2 saturated carbocycles. The molecule has 0 amide bonds. The summed E-state index contributed by atoms with van der Waals surface area (Å²) in [7, 11) is 0. The molecule has 0 bridgehead atoms. The molecule has 2 aliphatic carbocycles. The first-order chi connectivity index (χ1) is 15.2. The fourth-order valence-electron chi connectivity index (χ4n) is 7.56. The fourth-order valence-corrected chi connectivity index (χ4v) is 7.56. The predicted octanol–water partition coefficient (Wildman–Crippen LogP) is 8.58. The van der Waals surface area contributed by atoms with Gasteiger partial charge in [-0.25, -0.2) is 0 Å². The average molecular weight is 441 g/mol. The third-order valence-corrected chi connectivity index (χ3v) is 9.37. The highest BCUT2D eigenvalue weighted by atomic mass is 16.3. The van der Waals surface area contributed by atoms with Crippen LogP contribution in [-0.2, 0) is 0 Å². The second kappa shape index (κ2) is 12.5. The lowest BCUT2D eigenvalue weighted by Crippen LogP contribution is -2.55. The molecule has 0 heterocycles. The standard InChI is InChI=1S/C31H52O/c1-8-11-12-16-26(10-3)17-18-27-21-23-30(7)28(25(6)15-13-14-24(4)5)19-20-29(30)31(27,32)22-9-2/h3,8-9,11,24-29,32H,2,12-23H2,1,4-7H3/b11-8+/t25-,26?,27-,28-,29-,30-,31+/m1/s1. The van der Waals surface area contributed by atoms with Crippen LogP contribution < -0.4 is 0 Å². The van der Waals surface area contributed by atoms with Crippen LogP contribution in [0.1, 0.15) is 112 Å². The summed E-state index contributed by atoms with van der Waals surface area (Å²) in [6, 6.07) is 0. The molecule has 32 heavy (non-hydrogen) atoms. The minimum atomic E-state index is -0.608. The Morgan fingerprint density at radius 3 is 2.50 bits per heavy atom. The summed E-state index contributed by atoms with van der Waals surface area (Å²) in [5.41, 5.74) is -0.341. The molecule has 2 rings (SSSR count). The molecule has 0 aromatic carbocycles. The second-order valence-corrected chi connectivity index (χ2v) is 11.9. The van der Waals surface area contributed by atoms with Crippen LogP contribution >= 0.6 is 0 Å². The molecule has 182 valence electrons. The predicted molar refractivity (Wildman–Crippen MR) is 140 cm³/mol. The number of allylic oxidation sites excluding steroid dienone is 2. The van der Waals surface area contributed by atoms with Gasteiger partial charge in [-0.2, -0.15) is 0 Å². The van der Waals surface area contributed by atoms with E-state index in [9.17, 15) is 5.11 Å². The molecule has 2 fully saturated rings. The lowest BCUT2D eigenvalue weighted by atomic mass is 9.53. The van der Waals surface area contributed by atoms with Gasteiger partial charge in [-0.05, 0) is 99.7 Å². The summed E-state index contributed by atoms with van der Waals surface area (Å²) in [5.74, 6) is 6.40. The van der Waals surface area contributed by atoms with Crippen LogP contribution in [0.4, 0.5) is 0 Å². The Morgan fingerprint density at radius 2 is 1.88 bits per heavy atom. The number of terminal acetylenes is 1. The number of aliphatic hydroxyl groups is 1. The fraction of sp³-hybridized carbons (Fsp3) is 0.806. The summed E-state index contributed by atoms with van der Waals surface area (Å²) in [4.78, 5) is 0. The van der Waals surface area contributed by atoms with Gasteiger partial charge >= 0.3 is 0 Å². The third-order valence-electron chi connectivity index (χ3n) is 9.37. The van der Waals surface area contributed by atoms with Crippen molar-refractivity contribution in [3.05, 3.63) is 24.8 Å². The van der Waals surface area contributed by atoms with Gasteiger partial charge in [-0.15, -0.1) is 18.9 Å². The maximum Gasteiger partial charge on any atom is 0.0743 e. The molecule has 1 nitrogen and oxygen atoms in total. The quantitative estimate of drug-likeness (QED) is 0.224. The van der Waals surface area contributed by atoms with Crippen LogP contribution in [0.3, 0.4) is 0 Å². The van der Waals surface area contributed by atoms with E-state index in [1.165, 1.54) is 38.5 Å². The molecule has 0 spiro atoms. The van der Waals surface area contributed by atoms with Crippen molar-refractivity contribution in [2.24, 2.45) is 40.9 Å². The van der Waals surface area contributed by atoms with Gasteiger partial charge in [0.2, 0.25) is 0 Å². The highest BCUT2D eigenvalue weighted by Crippen LogP contribution is 2.63. The number of hydrogen-bond donors (Lipinski definition) is 1. The van der Waals surface area contributed by atoms with Crippen molar-refractivity contribution in [3.8, 4) is 12.3 Å². The molecule has 0 radical (unpaired) electrons. The molecule has 0 saturated heterocycles. The van der Waals surface area contributed by atoms with Crippen molar-refractivity contribution in [1.29, 1.82) is 0 Å². The molecule has 1 unspecified atom stereocenters. The first-order valence-corrected chi connectivity index (χ1v) is 13.6. The second-order valence-electron chi connectivity index (χ2n) is 11.9. The van der Waals surface area contributed by atoms with E-state index < -0.39 is 5.60 Å². The zero-order valence-corrected chi connectivity index (χ0v) is 21.9. The van der Waals surface area contributed by atoms with Crippen molar-refractivity contribution >= 4 is 0 Å². The van der Waals surface area contributed by atoms with Crippen molar-refractivity contribution in [2.45, 2.75) is 117 Å². The highest BCUT2D eigenvalue weighted by Gasteiger charge is 2.60. The maximum absolute atomic E-state index is 12.2. The number of hydrogen-bond acceptors (Lipinski definition) is 1. The van der Waals surface area contributed by atoms with Crippen LogP contribution in [-0.4, -0.2) is 10.7 Å². The summed E-state index contributed by atoms with van der Waals surface area (Å²) >= 11 is 0. The van der Waals surface area contributed by atoms with E-state index in [0.29, 0.717) is 17.8 Å². The molecule has 1 N–H and O–H groups in total. The van der Waals surface area contributed by atoms with Gasteiger partial charge < -0.3 is 5.11 Å². The zero-order chi connectivity index (χ0) is 23.8. The summed E-state index contributed by atoms with van der Waals surface area (Å²) in [6.07, 6.45) is 26.0. The van der Waals surface area contributed by atoms with Crippen molar-refractivity contribution in [1.82, 2.24) is 0 Å². The zero-order valence-electron chi connectivity index (χ0n) is 21.9. The summed E-state index contributed by atoms with van der Waals surface area (Å²) in [6.45, 7) is 15.8. The van der Waals surface area contributed by atoms with Crippen molar-refractivity contribution in [2.75, 3.05) is 0 Å². The Morgan fingerprint density at radius 1 is 1.12 bits per heavy atom. The van der Waals surface area contributed by atoms with E-state index in [0.717, 1.165) is 56.3 Å². The lowest BCUT2D eigenvalue weighted by Gasteiger charge is -2.55. The van der Waals surface area contributed by atoms with Gasteiger partial charge in [0, 0.05) is 5.92 Å². The van der Waals surface area contributed by atoms with Crippen LogP contribution in [0.2, 0.25) is 0 Å². The first kappa shape index (κ1) is 27.2. The minimum absolute atomic E-state index is 0.267. The van der Waals surface area contributed by atoms with Crippen LogP contribution in [0.5, 0.6) is 0 Å². The Bertz CT molecular complexity index is 639. The lowest BCUT2D eigenvalue weighted by molar-refractivity contribution is -0.148. The first-order valence-electron chi connectivity index (χ1n) is 13.6. The van der Waals surface area contributed by atoms with Crippen LogP contribution in [0.15, 0.2) is 24.8 Å². The topological polar surface area (TPSA) is 20.2 Å². The largest absolute Gasteiger partial charge is 0.389 e. The van der Waals surface area contributed by atoms with E-state index in [2.05, 4.69) is 59.3 Å². The van der Waals surface area contributed by atoms with Gasteiger partial charge in [-0.3, -0.25) is 0 Å². The monoisotopic (exact) mass is 440 g/mol. The summed E-state index contributed by atoms with van der Waals surface area (Å²) in [5, 5.41) is 12.2. The van der Waals surface area contributed by atoms with Crippen LogP contribution in [0, 0.1) is 53.3 Å². The van der Waals surface area contributed by atoms with Crippen molar-refractivity contribution in [3.63, 3.8) is 0 Å². The highest BCUT2D eigenvalue weighted by molar-refractivity contribution is 5.12. The molecule has 2 aliphatic rings. The number of fused-ring (bicyclic) bond motifs is 1. The van der Waals surface area contributed by atoms with E-state index in [-0.39, 0.29) is 5.41 Å². The SMILES string of the molecule is C#CC(CC/C=C/C)CC[C@@H]1CC[C@]2(C)[C@@H]([C@H](C)CCCC(C)C)CC[C@H]2[C@]1(O)CC=C. The van der Waals surface area contributed by atoms with Crippen molar-refractivity contribution < 1.29 is 5.11 Å². The number of rotatable bonds is 13. The van der Waals surface area contributed by atoms with E-state index in [1.807, 2.05) is 6.08 Å². The minimum Gasteiger partial charge on any atom is -0.389 e. The van der Waals surface area contributed by atoms with Gasteiger partial charge in [0.25, 0.3) is 0 Å². The van der Waals surface area contributed by atoms with E-state index in [4.69, 9.17) is 6.42 Å². The van der Waals surface area contributed by atoms with E-state index >= 15 is 0 Å². The smallest absolute Gasteiger partial charge is 0.0743 e. The molecular formula is C31H52O. The molecule has 0 aromatic rings. The molecule has 0 aromatic heterocycles. The normalized spacial score (nSPS) is 34.4. The van der Waals surface area contributed by atoms with Crippen LogP contribution in [0.25, 0.3) is 0 Å². The Kier molecular flexibility index (Phi) is 10.6. The van der Waals surface area contributed by atoms with Gasteiger partial charge in [0.05, 0.1) is 5.60 Å². The third kappa shape index (κ3) is 6.32.